The second kappa shape index (κ2) is 5.74. The normalized spacial score (nSPS) is 12.3. The summed E-state index contributed by atoms with van der Waals surface area (Å²) in [7, 11) is 0. The van der Waals surface area contributed by atoms with Crippen molar-refractivity contribution in [3.63, 3.8) is 0 Å². The number of halogens is 1. The van der Waals surface area contributed by atoms with E-state index in [0.29, 0.717) is 6.42 Å². The second-order valence-corrected chi connectivity index (χ2v) is 4.18. The molecule has 0 aliphatic rings. The summed E-state index contributed by atoms with van der Waals surface area (Å²) in [6.45, 7) is 1.88. The summed E-state index contributed by atoms with van der Waals surface area (Å²) in [5, 5.41) is 24.2. The Hall–Kier alpha value is -2.35. The maximum absolute atomic E-state index is 13.0. The lowest BCUT2D eigenvalue weighted by molar-refractivity contribution is -0.384. The number of rotatable bonds is 5. The molecule has 8 heteroatoms. The van der Waals surface area contributed by atoms with E-state index in [9.17, 15) is 19.6 Å². The van der Waals surface area contributed by atoms with Crippen molar-refractivity contribution in [2.45, 2.75) is 25.9 Å². The molecule has 0 aliphatic heterocycles. The summed E-state index contributed by atoms with van der Waals surface area (Å²) in [6.07, 6.45) is 0.281. The molecule has 106 valence electrons. The van der Waals surface area contributed by atoms with E-state index in [1.807, 2.05) is 6.92 Å². The van der Waals surface area contributed by atoms with Crippen LogP contribution in [0.5, 0.6) is 0 Å². The molecular formula is C12H12FN3O4. The zero-order valence-corrected chi connectivity index (χ0v) is 10.6. The maximum Gasteiger partial charge on any atom is 0.285 e. The summed E-state index contributed by atoms with van der Waals surface area (Å²) in [6, 6.07) is 3.04. The van der Waals surface area contributed by atoms with Gasteiger partial charge in [-0.25, -0.2) is 4.39 Å². The van der Waals surface area contributed by atoms with Crippen LogP contribution in [0.4, 0.5) is 10.1 Å². The Kier molecular flexibility index (Phi) is 4.04. The standard InChI is InChI=1S/C12H12FN3O4/c1-2-3-10(17)11-14-12(20-15-11)8-5-4-7(13)6-9(8)16(18)19/h4-6,10,17H,2-3H2,1H3. The zero-order valence-electron chi connectivity index (χ0n) is 10.6. The van der Waals surface area contributed by atoms with E-state index in [4.69, 9.17) is 4.52 Å². The summed E-state index contributed by atoms with van der Waals surface area (Å²) in [4.78, 5) is 14.1. The first-order chi connectivity index (χ1) is 9.52. The van der Waals surface area contributed by atoms with Crippen molar-refractivity contribution in [1.82, 2.24) is 10.1 Å². The molecule has 0 bridgehead atoms. The lowest BCUT2D eigenvalue weighted by Gasteiger charge is -2.01. The Morgan fingerprint density at radius 1 is 1.55 bits per heavy atom. The smallest absolute Gasteiger partial charge is 0.285 e. The van der Waals surface area contributed by atoms with Crippen molar-refractivity contribution >= 4 is 5.69 Å². The minimum absolute atomic E-state index is 0.0128. The molecule has 1 atom stereocenters. The number of aromatic nitrogens is 2. The van der Waals surface area contributed by atoms with Crippen LogP contribution in [-0.4, -0.2) is 20.2 Å². The predicted octanol–water partition coefficient (Wildman–Crippen LogP) is 2.62. The Balaban J connectivity index is 2.40. The van der Waals surface area contributed by atoms with E-state index in [-0.39, 0.29) is 17.3 Å². The largest absolute Gasteiger partial charge is 0.385 e. The van der Waals surface area contributed by atoms with Gasteiger partial charge in [0.25, 0.3) is 11.6 Å². The van der Waals surface area contributed by atoms with Crippen LogP contribution in [0, 0.1) is 15.9 Å². The molecule has 1 unspecified atom stereocenters. The SMILES string of the molecule is CCCC(O)c1noc(-c2ccc(F)cc2[N+](=O)[O-])n1. The number of aliphatic hydroxyl groups excluding tert-OH is 1. The van der Waals surface area contributed by atoms with Gasteiger partial charge in [-0.05, 0) is 18.6 Å². The molecule has 1 aromatic heterocycles. The molecule has 0 saturated carbocycles. The van der Waals surface area contributed by atoms with Gasteiger partial charge in [-0.15, -0.1) is 0 Å². The van der Waals surface area contributed by atoms with Crippen molar-refractivity contribution in [3.05, 3.63) is 40.0 Å². The van der Waals surface area contributed by atoms with Gasteiger partial charge in [0, 0.05) is 0 Å². The van der Waals surface area contributed by atoms with Crippen LogP contribution in [0.2, 0.25) is 0 Å². The molecule has 2 rings (SSSR count). The van der Waals surface area contributed by atoms with E-state index < -0.39 is 22.5 Å². The molecule has 1 heterocycles. The molecule has 1 aromatic carbocycles. The Morgan fingerprint density at radius 3 is 2.95 bits per heavy atom. The van der Waals surface area contributed by atoms with E-state index in [2.05, 4.69) is 10.1 Å². The van der Waals surface area contributed by atoms with Gasteiger partial charge >= 0.3 is 0 Å². The molecule has 0 fully saturated rings. The van der Waals surface area contributed by atoms with Crippen LogP contribution in [0.3, 0.4) is 0 Å². The first kappa shape index (κ1) is 14.1. The van der Waals surface area contributed by atoms with Gasteiger partial charge in [-0.2, -0.15) is 4.98 Å². The highest BCUT2D eigenvalue weighted by Gasteiger charge is 2.23. The van der Waals surface area contributed by atoms with Gasteiger partial charge in [0.2, 0.25) is 5.82 Å². The fourth-order valence-corrected chi connectivity index (χ4v) is 1.72. The number of hydrogen-bond acceptors (Lipinski definition) is 6. The first-order valence-corrected chi connectivity index (χ1v) is 5.99. The predicted molar refractivity (Wildman–Crippen MR) is 66.2 cm³/mol. The number of nitro benzene ring substituents is 1. The highest BCUT2D eigenvalue weighted by atomic mass is 19.1. The van der Waals surface area contributed by atoms with Gasteiger partial charge < -0.3 is 9.63 Å². The summed E-state index contributed by atoms with van der Waals surface area (Å²) < 4.78 is 17.9. The van der Waals surface area contributed by atoms with Gasteiger partial charge in [-0.1, -0.05) is 18.5 Å². The van der Waals surface area contributed by atoms with Gasteiger partial charge in [0.15, 0.2) is 0 Å². The molecule has 1 N–H and O–H groups in total. The van der Waals surface area contributed by atoms with E-state index >= 15 is 0 Å². The minimum atomic E-state index is -0.892. The fraction of sp³-hybridized carbons (Fsp3) is 0.333. The van der Waals surface area contributed by atoms with Crippen molar-refractivity contribution < 1.29 is 18.9 Å². The monoisotopic (exact) mass is 281 g/mol. The van der Waals surface area contributed by atoms with Crippen LogP contribution < -0.4 is 0 Å². The second-order valence-electron chi connectivity index (χ2n) is 4.18. The third kappa shape index (κ3) is 2.80. The average Bonchev–Trinajstić information content (AvgIpc) is 2.88. The van der Waals surface area contributed by atoms with Crippen molar-refractivity contribution in [2.24, 2.45) is 0 Å². The number of nitrogens with zero attached hydrogens (tertiary/aromatic N) is 3. The molecule has 7 nitrogen and oxygen atoms in total. The zero-order chi connectivity index (χ0) is 14.7. The summed E-state index contributed by atoms with van der Waals surface area (Å²) in [5.41, 5.74) is -0.455. The van der Waals surface area contributed by atoms with Crippen LogP contribution in [-0.2, 0) is 0 Å². The summed E-state index contributed by atoms with van der Waals surface area (Å²) in [5.74, 6) is -0.798. The highest BCUT2D eigenvalue weighted by Crippen LogP contribution is 2.30. The molecule has 0 spiro atoms. The van der Waals surface area contributed by atoms with Gasteiger partial charge in [-0.3, -0.25) is 10.1 Å². The minimum Gasteiger partial charge on any atom is -0.385 e. The fourth-order valence-electron chi connectivity index (χ4n) is 1.72. The highest BCUT2D eigenvalue weighted by molar-refractivity contribution is 5.66. The Labute approximate surface area is 113 Å². The van der Waals surface area contributed by atoms with E-state index in [1.54, 1.807) is 0 Å². The van der Waals surface area contributed by atoms with E-state index in [1.165, 1.54) is 6.07 Å². The maximum atomic E-state index is 13.0. The third-order valence-corrected chi connectivity index (χ3v) is 2.69. The molecule has 0 radical (unpaired) electrons. The number of hydrogen-bond donors (Lipinski definition) is 1. The van der Waals surface area contributed by atoms with E-state index in [0.717, 1.165) is 18.6 Å². The first-order valence-electron chi connectivity index (χ1n) is 5.99. The molecule has 0 saturated heterocycles. The molecule has 20 heavy (non-hydrogen) atoms. The van der Waals surface area contributed by atoms with Gasteiger partial charge in [0.05, 0.1) is 11.0 Å². The van der Waals surface area contributed by atoms with Crippen LogP contribution in [0.1, 0.15) is 31.7 Å². The number of aliphatic hydroxyl groups is 1. The van der Waals surface area contributed by atoms with Crippen molar-refractivity contribution in [2.75, 3.05) is 0 Å². The van der Waals surface area contributed by atoms with Crippen LogP contribution in [0.15, 0.2) is 22.7 Å². The number of nitro groups is 1. The Morgan fingerprint density at radius 2 is 2.30 bits per heavy atom. The molecule has 0 aliphatic carbocycles. The van der Waals surface area contributed by atoms with Crippen LogP contribution >= 0.6 is 0 Å². The van der Waals surface area contributed by atoms with Crippen molar-refractivity contribution in [3.8, 4) is 11.5 Å². The topological polar surface area (TPSA) is 102 Å². The molecule has 2 aromatic rings. The third-order valence-electron chi connectivity index (χ3n) is 2.69. The average molecular weight is 281 g/mol. The molecular weight excluding hydrogens is 269 g/mol. The van der Waals surface area contributed by atoms with Gasteiger partial charge in [0.1, 0.15) is 17.5 Å². The van der Waals surface area contributed by atoms with Crippen LogP contribution in [0.25, 0.3) is 11.5 Å². The number of benzene rings is 1. The lowest BCUT2D eigenvalue weighted by Crippen LogP contribution is -1.99. The lowest BCUT2D eigenvalue weighted by atomic mass is 10.1. The summed E-state index contributed by atoms with van der Waals surface area (Å²) >= 11 is 0. The quantitative estimate of drug-likeness (QED) is 0.667. The Bertz CT molecular complexity index is 629. The molecule has 0 amide bonds. The van der Waals surface area contributed by atoms with Crippen molar-refractivity contribution in [1.29, 1.82) is 0 Å².